The Labute approximate surface area is 90.0 Å². The van der Waals surface area contributed by atoms with Gasteiger partial charge in [0.15, 0.2) is 5.11 Å². The monoisotopic (exact) mass is 231 g/mol. The number of rotatable bonds is 2. The number of anilines is 1. The highest BCUT2D eigenvalue weighted by Gasteiger charge is 2.11. The van der Waals surface area contributed by atoms with Crippen molar-refractivity contribution in [3.8, 4) is 0 Å². The summed E-state index contributed by atoms with van der Waals surface area (Å²) in [6.07, 6.45) is 0. The van der Waals surface area contributed by atoms with Gasteiger partial charge < -0.3 is 11.1 Å². The van der Waals surface area contributed by atoms with Gasteiger partial charge in [0.05, 0.1) is 4.92 Å². The highest BCUT2D eigenvalue weighted by molar-refractivity contribution is 7.80. The van der Waals surface area contributed by atoms with Crippen molar-refractivity contribution in [1.82, 2.24) is 0 Å². The van der Waals surface area contributed by atoms with Crippen LogP contribution in [0.2, 0.25) is 5.02 Å². The minimum absolute atomic E-state index is 0.0382. The van der Waals surface area contributed by atoms with E-state index >= 15 is 0 Å². The Kier molecular flexibility index (Phi) is 3.21. The van der Waals surface area contributed by atoms with Crippen LogP contribution in [0, 0.1) is 10.1 Å². The molecule has 0 aromatic heterocycles. The minimum Gasteiger partial charge on any atom is -0.376 e. The smallest absolute Gasteiger partial charge is 0.288 e. The van der Waals surface area contributed by atoms with Gasteiger partial charge in [-0.1, -0.05) is 11.6 Å². The maximum atomic E-state index is 10.4. The summed E-state index contributed by atoms with van der Waals surface area (Å²) in [6, 6.07) is 4.14. The normalized spacial score (nSPS) is 9.50. The van der Waals surface area contributed by atoms with Crippen molar-refractivity contribution in [2.24, 2.45) is 5.73 Å². The van der Waals surface area contributed by atoms with Crippen LogP contribution in [-0.2, 0) is 0 Å². The van der Waals surface area contributed by atoms with Gasteiger partial charge in [-0.05, 0) is 24.4 Å². The number of nitrogens with two attached hydrogens (primary N) is 1. The molecule has 14 heavy (non-hydrogen) atoms. The molecule has 0 aliphatic rings. The van der Waals surface area contributed by atoms with Crippen LogP contribution in [0.15, 0.2) is 18.2 Å². The van der Waals surface area contributed by atoms with E-state index in [0.29, 0.717) is 5.69 Å². The van der Waals surface area contributed by atoms with Gasteiger partial charge in [-0.25, -0.2) is 0 Å². The molecule has 0 atom stereocenters. The van der Waals surface area contributed by atoms with E-state index in [-0.39, 0.29) is 15.8 Å². The summed E-state index contributed by atoms with van der Waals surface area (Å²) >= 11 is 10.2. The molecule has 1 rings (SSSR count). The maximum absolute atomic E-state index is 10.4. The summed E-state index contributed by atoms with van der Waals surface area (Å²) in [6.45, 7) is 0. The molecule has 1 aromatic carbocycles. The van der Waals surface area contributed by atoms with E-state index in [1.807, 2.05) is 0 Å². The lowest BCUT2D eigenvalue weighted by atomic mass is 10.3. The van der Waals surface area contributed by atoms with E-state index < -0.39 is 4.92 Å². The number of benzene rings is 1. The van der Waals surface area contributed by atoms with Crippen molar-refractivity contribution in [2.75, 3.05) is 5.32 Å². The zero-order chi connectivity index (χ0) is 10.7. The van der Waals surface area contributed by atoms with E-state index in [9.17, 15) is 10.1 Å². The molecule has 0 heterocycles. The number of hydrogen-bond donors (Lipinski definition) is 2. The van der Waals surface area contributed by atoms with Crippen molar-refractivity contribution in [1.29, 1.82) is 0 Å². The van der Waals surface area contributed by atoms with Crippen LogP contribution in [-0.4, -0.2) is 10.0 Å². The Hall–Kier alpha value is -1.40. The first kappa shape index (κ1) is 10.7. The molecular weight excluding hydrogens is 226 g/mol. The van der Waals surface area contributed by atoms with E-state index in [1.165, 1.54) is 18.2 Å². The summed E-state index contributed by atoms with van der Waals surface area (Å²) < 4.78 is 0. The van der Waals surface area contributed by atoms with E-state index in [0.717, 1.165) is 0 Å². The summed E-state index contributed by atoms with van der Waals surface area (Å²) in [4.78, 5) is 9.84. The summed E-state index contributed by atoms with van der Waals surface area (Å²) in [7, 11) is 0. The zero-order valence-corrected chi connectivity index (χ0v) is 8.43. The lowest BCUT2D eigenvalue weighted by Gasteiger charge is -2.03. The molecule has 1 aromatic rings. The summed E-state index contributed by atoms with van der Waals surface area (Å²) in [5.41, 5.74) is 5.58. The van der Waals surface area contributed by atoms with Gasteiger partial charge in [-0.15, -0.1) is 0 Å². The van der Waals surface area contributed by atoms with Crippen molar-refractivity contribution in [3.63, 3.8) is 0 Å². The molecular formula is C7H6ClN3O2S. The predicted molar refractivity (Wildman–Crippen MR) is 58.5 cm³/mol. The van der Waals surface area contributed by atoms with E-state index in [2.05, 4.69) is 17.5 Å². The molecule has 0 unspecified atom stereocenters. The largest absolute Gasteiger partial charge is 0.376 e. The Morgan fingerprint density at radius 2 is 2.29 bits per heavy atom. The number of nitro groups is 1. The molecule has 3 N–H and O–H groups in total. The second-order valence-electron chi connectivity index (χ2n) is 2.41. The predicted octanol–water partition coefficient (Wildman–Crippen LogP) is 1.90. The van der Waals surface area contributed by atoms with Crippen LogP contribution >= 0.6 is 23.8 Å². The minimum atomic E-state index is -0.563. The van der Waals surface area contributed by atoms with Crippen molar-refractivity contribution < 1.29 is 4.92 Å². The molecule has 0 amide bonds. The van der Waals surface area contributed by atoms with Crippen LogP contribution in [0.4, 0.5) is 11.4 Å². The summed E-state index contributed by atoms with van der Waals surface area (Å²) in [5, 5.41) is 13.1. The van der Waals surface area contributed by atoms with E-state index in [4.69, 9.17) is 17.3 Å². The van der Waals surface area contributed by atoms with Gasteiger partial charge in [-0.3, -0.25) is 10.1 Å². The standard InChI is InChI=1S/C7H6ClN3O2S/c8-5-3-4(10-7(9)14)1-2-6(5)11(12)13/h1-3H,(H3,9,10,14). The number of halogens is 1. The molecule has 5 nitrogen and oxygen atoms in total. The topological polar surface area (TPSA) is 81.2 Å². The van der Waals surface area contributed by atoms with Gasteiger partial charge in [0.2, 0.25) is 0 Å². The molecule has 0 bridgehead atoms. The molecule has 0 aliphatic heterocycles. The Morgan fingerprint density at radius 1 is 1.64 bits per heavy atom. The molecule has 0 spiro atoms. The number of nitrogens with zero attached hydrogens (tertiary/aromatic N) is 1. The van der Waals surface area contributed by atoms with Gasteiger partial charge >= 0.3 is 0 Å². The maximum Gasteiger partial charge on any atom is 0.288 e. The number of thiocarbonyl (C=S) groups is 1. The highest BCUT2D eigenvalue weighted by atomic mass is 35.5. The average Bonchev–Trinajstić information content (AvgIpc) is 2.01. The fourth-order valence-electron chi connectivity index (χ4n) is 0.875. The third-order valence-electron chi connectivity index (χ3n) is 1.41. The third kappa shape index (κ3) is 2.54. The first-order chi connectivity index (χ1) is 6.50. The number of hydrogen-bond acceptors (Lipinski definition) is 3. The van der Waals surface area contributed by atoms with Crippen LogP contribution in [0.5, 0.6) is 0 Å². The first-order valence-electron chi connectivity index (χ1n) is 3.51. The first-order valence-corrected chi connectivity index (χ1v) is 4.29. The molecule has 0 radical (unpaired) electrons. The van der Waals surface area contributed by atoms with Gasteiger partial charge in [0.25, 0.3) is 5.69 Å². The molecule has 0 saturated carbocycles. The molecule has 74 valence electrons. The second kappa shape index (κ2) is 4.21. The number of nitro benzene ring substituents is 1. The van der Waals surface area contributed by atoms with Crippen LogP contribution < -0.4 is 11.1 Å². The molecule has 0 fully saturated rings. The third-order valence-corrected chi connectivity index (χ3v) is 1.82. The number of nitrogens with one attached hydrogen (secondary N) is 1. The Bertz CT molecular complexity index is 397. The SMILES string of the molecule is NC(=S)Nc1ccc([N+](=O)[O-])c(Cl)c1. The lowest BCUT2D eigenvalue weighted by molar-refractivity contribution is -0.384. The van der Waals surface area contributed by atoms with Gasteiger partial charge in [-0.2, -0.15) is 0 Å². The van der Waals surface area contributed by atoms with Crippen LogP contribution in [0.1, 0.15) is 0 Å². The van der Waals surface area contributed by atoms with Crippen molar-refractivity contribution >= 4 is 40.3 Å². The molecule has 7 heteroatoms. The van der Waals surface area contributed by atoms with Crippen molar-refractivity contribution in [2.45, 2.75) is 0 Å². The molecule has 0 aliphatic carbocycles. The second-order valence-corrected chi connectivity index (χ2v) is 3.26. The van der Waals surface area contributed by atoms with Crippen molar-refractivity contribution in [3.05, 3.63) is 33.3 Å². The van der Waals surface area contributed by atoms with Gasteiger partial charge in [0, 0.05) is 11.8 Å². The van der Waals surface area contributed by atoms with Crippen LogP contribution in [0.25, 0.3) is 0 Å². The molecule has 0 saturated heterocycles. The fraction of sp³-hybridized carbons (Fsp3) is 0. The highest BCUT2D eigenvalue weighted by Crippen LogP contribution is 2.26. The van der Waals surface area contributed by atoms with Crippen LogP contribution in [0.3, 0.4) is 0 Å². The Balaban J connectivity index is 3.00. The Morgan fingerprint density at radius 3 is 2.71 bits per heavy atom. The fourth-order valence-corrected chi connectivity index (χ4v) is 1.24. The average molecular weight is 232 g/mol. The lowest BCUT2D eigenvalue weighted by Crippen LogP contribution is -2.18. The van der Waals surface area contributed by atoms with E-state index in [1.54, 1.807) is 0 Å². The van der Waals surface area contributed by atoms with Gasteiger partial charge in [0.1, 0.15) is 5.02 Å². The quantitative estimate of drug-likeness (QED) is 0.462. The summed E-state index contributed by atoms with van der Waals surface area (Å²) in [5.74, 6) is 0. The zero-order valence-electron chi connectivity index (χ0n) is 6.86.